The first kappa shape index (κ1) is 9.14. The van der Waals surface area contributed by atoms with Crippen LogP contribution in [-0.4, -0.2) is 24.4 Å². The molecule has 58 valence electrons. The molecule has 0 aliphatic carbocycles. The van der Waals surface area contributed by atoms with E-state index in [-0.39, 0.29) is 0 Å². The highest BCUT2D eigenvalue weighted by Gasteiger charge is 2.09. The first-order chi connectivity index (χ1) is 4.59. The standard InChI is InChI=1S/C7H12FNO/c1-4-5-9(3)7(10)6(2)8/h2,4-5H2,1,3H3. The zero-order valence-corrected chi connectivity index (χ0v) is 6.35. The van der Waals surface area contributed by atoms with Crippen LogP contribution in [0.2, 0.25) is 0 Å². The second-order valence-electron chi connectivity index (χ2n) is 2.13. The van der Waals surface area contributed by atoms with Gasteiger partial charge < -0.3 is 4.90 Å². The molecule has 0 atom stereocenters. The number of hydrogen-bond acceptors (Lipinski definition) is 1. The molecule has 0 fully saturated rings. The minimum absolute atomic E-state index is 0.571. The predicted octanol–water partition coefficient (Wildman–Crippen LogP) is 1.34. The Hall–Kier alpha value is -0.860. The highest BCUT2D eigenvalue weighted by atomic mass is 19.1. The van der Waals surface area contributed by atoms with Gasteiger partial charge in [0, 0.05) is 13.6 Å². The van der Waals surface area contributed by atoms with Gasteiger partial charge in [0.25, 0.3) is 5.91 Å². The Morgan fingerprint density at radius 2 is 2.20 bits per heavy atom. The molecule has 0 N–H and O–H groups in total. The Bertz CT molecular complexity index is 145. The van der Waals surface area contributed by atoms with Crippen molar-refractivity contribution in [2.45, 2.75) is 13.3 Å². The number of hydrogen-bond donors (Lipinski definition) is 0. The molecule has 0 bridgehead atoms. The molecule has 0 spiro atoms. The fourth-order valence-electron chi connectivity index (χ4n) is 0.644. The molecule has 0 saturated heterocycles. The van der Waals surface area contributed by atoms with Crippen molar-refractivity contribution < 1.29 is 9.18 Å². The van der Waals surface area contributed by atoms with E-state index in [9.17, 15) is 9.18 Å². The number of carbonyl (C=O) groups excluding carboxylic acids is 1. The van der Waals surface area contributed by atoms with Crippen LogP contribution < -0.4 is 0 Å². The Kier molecular flexibility index (Phi) is 3.69. The van der Waals surface area contributed by atoms with E-state index in [2.05, 4.69) is 6.58 Å². The maximum Gasteiger partial charge on any atom is 0.281 e. The van der Waals surface area contributed by atoms with Gasteiger partial charge in [-0.3, -0.25) is 4.79 Å². The Labute approximate surface area is 60.3 Å². The number of rotatable bonds is 3. The molecule has 0 aromatic carbocycles. The molecule has 2 nitrogen and oxygen atoms in total. The van der Waals surface area contributed by atoms with Crippen molar-refractivity contribution >= 4 is 5.91 Å². The summed E-state index contributed by atoms with van der Waals surface area (Å²) in [6.45, 7) is 5.39. The molecule has 0 aliphatic heterocycles. The third-order valence-electron chi connectivity index (χ3n) is 1.14. The highest BCUT2D eigenvalue weighted by molar-refractivity contribution is 5.90. The van der Waals surface area contributed by atoms with Crippen molar-refractivity contribution in [3.05, 3.63) is 12.4 Å². The third kappa shape index (κ3) is 2.62. The van der Waals surface area contributed by atoms with Crippen LogP contribution in [0.25, 0.3) is 0 Å². The molecule has 0 saturated carbocycles. The molecule has 1 amide bonds. The van der Waals surface area contributed by atoms with Crippen molar-refractivity contribution in [2.75, 3.05) is 13.6 Å². The molecule has 0 rings (SSSR count). The van der Waals surface area contributed by atoms with E-state index < -0.39 is 11.7 Å². The van der Waals surface area contributed by atoms with Crippen LogP contribution in [0.5, 0.6) is 0 Å². The zero-order chi connectivity index (χ0) is 8.15. The lowest BCUT2D eigenvalue weighted by molar-refractivity contribution is -0.127. The second-order valence-corrected chi connectivity index (χ2v) is 2.13. The summed E-state index contributed by atoms with van der Waals surface area (Å²) in [5.41, 5.74) is 0. The molecule has 0 aliphatic rings. The van der Waals surface area contributed by atoms with Gasteiger partial charge in [0.05, 0.1) is 0 Å². The van der Waals surface area contributed by atoms with E-state index in [4.69, 9.17) is 0 Å². The molecule has 0 aromatic rings. The van der Waals surface area contributed by atoms with E-state index >= 15 is 0 Å². The average molecular weight is 145 g/mol. The van der Waals surface area contributed by atoms with Crippen molar-refractivity contribution in [1.29, 1.82) is 0 Å². The highest BCUT2D eigenvalue weighted by Crippen LogP contribution is 1.98. The van der Waals surface area contributed by atoms with Crippen LogP contribution in [-0.2, 0) is 4.79 Å². The number of carbonyl (C=O) groups is 1. The molecular weight excluding hydrogens is 133 g/mol. The van der Waals surface area contributed by atoms with Crippen LogP contribution >= 0.6 is 0 Å². The quantitative estimate of drug-likeness (QED) is 0.549. The van der Waals surface area contributed by atoms with Gasteiger partial charge in [-0.25, -0.2) is 4.39 Å². The summed E-state index contributed by atoms with van der Waals surface area (Å²) in [7, 11) is 1.55. The molecule has 0 heterocycles. The fraction of sp³-hybridized carbons (Fsp3) is 0.571. The number of amides is 1. The number of nitrogens with zero attached hydrogens (tertiary/aromatic N) is 1. The first-order valence-corrected chi connectivity index (χ1v) is 3.19. The summed E-state index contributed by atoms with van der Waals surface area (Å²) in [5.74, 6) is -1.52. The van der Waals surface area contributed by atoms with Gasteiger partial charge in [0.2, 0.25) is 0 Å². The Morgan fingerprint density at radius 1 is 1.70 bits per heavy atom. The van der Waals surface area contributed by atoms with Crippen LogP contribution in [0.3, 0.4) is 0 Å². The lowest BCUT2D eigenvalue weighted by atomic mass is 10.4. The van der Waals surface area contributed by atoms with Crippen molar-refractivity contribution in [3.8, 4) is 0 Å². The molecular formula is C7H12FNO. The third-order valence-corrected chi connectivity index (χ3v) is 1.14. The lowest BCUT2D eigenvalue weighted by Gasteiger charge is -2.13. The Balaban J connectivity index is 3.82. The first-order valence-electron chi connectivity index (χ1n) is 3.19. The monoisotopic (exact) mass is 145 g/mol. The van der Waals surface area contributed by atoms with E-state index in [1.807, 2.05) is 6.92 Å². The molecule has 0 unspecified atom stereocenters. The minimum Gasteiger partial charge on any atom is -0.340 e. The number of halogens is 1. The fourth-order valence-corrected chi connectivity index (χ4v) is 0.644. The Morgan fingerprint density at radius 3 is 2.50 bits per heavy atom. The summed E-state index contributed by atoms with van der Waals surface area (Å²) in [4.78, 5) is 12.0. The van der Waals surface area contributed by atoms with Gasteiger partial charge >= 0.3 is 0 Å². The molecule has 0 aromatic heterocycles. The topological polar surface area (TPSA) is 20.3 Å². The van der Waals surface area contributed by atoms with Crippen LogP contribution in [0, 0.1) is 0 Å². The summed E-state index contributed by atoms with van der Waals surface area (Å²) >= 11 is 0. The van der Waals surface area contributed by atoms with E-state index in [0.717, 1.165) is 6.42 Å². The van der Waals surface area contributed by atoms with Gasteiger partial charge in [-0.2, -0.15) is 0 Å². The normalized spacial score (nSPS) is 9.10. The summed E-state index contributed by atoms with van der Waals surface area (Å²) in [6, 6.07) is 0. The summed E-state index contributed by atoms with van der Waals surface area (Å²) in [6.07, 6.45) is 0.829. The maximum atomic E-state index is 12.1. The average Bonchev–Trinajstić information content (AvgIpc) is 1.87. The van der Waals surface area contributed by atoms with Gasteiger partial charge in [0.15, 0.2) is 5.83 Å². The lowest BCUT2D eigenvalue weighted by Crippen LogP contribution is -2.27. The largest absolute Gasteiger partial charge is 0.340 e. The predicted molar refractivity (Wildman–Crippen MR) is 38.2 cm³/mol. The van der Waals surface area contributed by atoms with Crippen molar-refractivity contribution in [1.82, 2.24) is 4.90 Å². The van der Waals surface area contributed by atoms with E-state index in [0.29, 0.717) is 6.54 Å². The van der Waals surface area contributed by atoms with Gasteiger partial charge in [-0.1, -0.05) is 13.5 Å². The summed E-state index contributed by atoms with van der Waals surface area (Å²) < 4.78 is 12.1. The smallest absolute Gasteiger partial charge is 0.281 e. The molecule has 0 radical (unpaired) electrons. The van der Waals surface area contributed by atoms with Gasteiger partial charge in [-0.15, -0.1) is 0 Å². The molecule has 3 heteroatoms. The van der Waals surface area contributed by atoms with Gasteiger partial charge in [0.1, 0.15) is 0 Å². The number of likely N-dealkylation sites (N-methyl/N-ethyl adjacent to an activating group) is 1. The molecule has 10 heavy (non-hydrogen) atoms. The minimum atomic E-state index is -0.893. The van der Waals surface area contributed by atoms with Gasteiger partial charge in [-0.05, 0) is 6.42 Å². The van der Waals surface area contributed by atoms with E-state index in [1.165, 1.54) is 4.90 Å². The van der Waals surface area contributed by atoms with E-state index in [1.54, 1.807) is 7.05 Å². The van der Waals surface area contributed by atoms with Crippen LogP contribution in [0.4, 0.5) is 4.39 Å². The maximum absolute atomic E-state index is 12.1. The van der Waals surface area contributed by atoms with Crippen molar-refractivity contribution in [2.24, 2.45) is 0 Å². The van der Waals surface area contributed by atoms with Crippen molar-refractivity contribution in [3.63, 3.8) is 0 Å². The summed E-state index contributed by atoms with van der Waals surface area (Å²) in [5, 5.41) is 0. The van der Waals surface area contributed by atoms with Crippen LogP contribution in [0.15, 0.2) is 12.4 Å². The van der Waals surface area contributed by atoms with Crippen LogP contribution in [0.1, 0.15) is 13.3 Å². The second kappa shape index (κ2) is 4.04. The zero-order valence-electron chi connectivity index (χ0n) is 6.35. The SMILES string of the molecule is C=C(F)C(=O)N(C)CCC.